The molecule has 1 heterocycles. The van der Waals surface area contributed by atoms with Gasteiger partial charge in [0.15, 0.2) is 5.96 Å². The molecule has 0 bridgehead atoms. The van der Waals surface area contributed by atoms with E-state index in [9.17, 15) is 0 Å². The van der Waals surface area contributed by atoms with Crippen LogP contribution in [0.3, 0.4) is 0 Å². The third kappa shape index (κ3) is 7.85. The highest BCUT2D eigenvalue weighted by molar-refractivity contribution is 7.98. The Morgan fingerprint density at radius 1 is 1.27 bits per heavy atom. The van der Waals surface area contributed by atoms with Gasteiger partial charge in [-0.2, -0.15) is 11.8 Å². The molecule has 0 radical (unpaired) electrons. The van der Waals surface area contributed by atoms with Crippen molar-refractivity contribution in [3.05, 3.63) is 29.8 Å². The Balaban J connectivity index is 1.86. The molecule has 0 aliphatic carbocycles. The second-order valence-electron chi connectivity index (χ2n) is 6.02. The molecule has 146 valence electrons. The minimum atomic E-state index is 0.600. The van der Waals surface area contributed by atoms with E-state index in [4.69, 9.17) is 14.5 Å². The van der Waals surface area contributed by atoms with Crippen molar-refractivity contribution in [2.45, 2.75) is 13.5 Å². The van der Waals surface area contributed by atoms with E-state index in [1.54, 1.807) is 0 Å². The lowest BCUT2D eigenvalue weighted by molar-refractivity contribution is 0.0322. The van der Waals surface area contributed by atoms with Crippen LogP contribution in [0.1, 0.15) is 12.5 Å². The van der Waals surface area contributed by atoms with Crippen LogP contribution in [0.5, 0.6) is 5.75 Å². The number of nitrogens with one attached hydrogen (secondary N) is 2. The second kappa shape index (κ2) is 12.8. The van der Waals surface area contributed by atoms with Gasteiger partial charge in [-0.25, -0.2) is 4.99 Å². The van der Waals surface area contributed by atoms with E-state index in [1.165, 1.54) is 0 Å². The highest BCUT2D eigenvalue weighted by Gasteiger charge is 2.10. The van der Waals surface area contributed by atoms with Crippen LogP contribution < -0.4 is 15.4 Å². The number of nitrogens with zero attached hydrogens (tertiary/aromatic N) is 2. The van der Waals surface area contributed by atoms with Gasteiger partial charge in [-0.3, -0.25) is 4.90 Å². The van der Waals surface area contributed by atoms with Crippen LogP contribution in [0.25, 0.3) is 0 Å². The molecule has 0 saturated carbocycles. The molecule has 26 heavy (non-hydrogen) atoms. The molecule has 2 rings (SSSR count). The zero-order valence-electron chi connectivity index (χ0n) is 16.0. The first-order chi connectivity index (χ1) is 12.8. The van der Waals surface area contributed by atoms with Crippen LogP contribution in [0.15, 0.2) is 29.3 Å². The minimum Gasteiger partial charge on any atom is -0.492 e. The smallest absolute Gasteiger partial charge is 0.191 e. The van der Waals surface area contributed by atoms with Crippen molar-refractivity contribution < 1.29 is 9.47 Å². The Hall–Kier alpha value is -1.44. The summed E-state index contributed by atoms with van der Waals surface area (Å²) in [5, 5.41) is 6.64. The topological polar surface area (TPSA) is 58.1 Å². The summed E-state index contributed by atoms with van der Waals surface area (Å²) in [5.41, 5.74) is 1.11. The summed E-state index contributed by atoms with van der Waals surface area (Å²) >= 11 is 1.82. The van der Waals surface area contributed by atoms with Crippen molar-refractivity contribution in [3.63, 3.8) is 0 Å². The maximum Gasteiger partial charge on any atom is 0.191 e. The number of guanidine groups is 1. The van der Waals surface area contributed by atoms with E-state index >= 15 is 0 Å². The molecule has 0 unspecified atom stereocenters. The van der Waals surface area contributed by atoms with Crippen LogP contribution in [-0.2, 0) is 11.3 Å². The molecule has 0 spiro atoms. The second-order valence-corrected chi connectivity index (χ2v) is 7.01. The lowest BCUT2D eigenvalue weighted by atomic mass is 10.2. The van der Waals surface area contributed by atoms with Gasteiger partial charge in [0, 0.05) is 44.0 Å². The number of ether oxygens (including phenoxy) is 2. The first kappa shape index (κ1) is 20.9. The monoisotopic (exact) mass is 380 g/mol. The van der Waals surface area contributed by atoms with Gasteiger partial charge in [0.1, 0.15) is 12.4 Å². The normalized spacial score (nSPS) is 15.7. The average molecular weight is 381 g/mol. The van der Waals surface area contributed by atoms with Gasteiger partial charge in [0.2, 0.25) is 0 Å². The fourth-order valence-corrected chi connectivity index (χ4v) is 2.97. The maximum atomic E-state index is 6.03. The molecule has 1 fully saturated rings. The van der Waals surface area contributed by atoms with Crippen LogP contribution in [0, 0.1) is 0 Å². The van der Waals surface area contributed by atoms with Crippen LogP contribution in [-0.4, -0.2) is 75.4 Å². The SMILES string of the molecule is CCNC(=NCc1ccccc1OCCN1CCOCC1)NCCSC. The molecule has 6 nitrogen and oxygen atoms in total. The minimum absolute atomic E-state index is 0.600. The molecular formula is C19H32N4O2S. The Morgan fingerprint density at radius 2 is 2.08 bits per heavy atom. The quantitative estimate of drug-likeness (QED) is 0.367. The highest BCUT2D eigenvalue weighted by Crippen LogP contribution is 2.19. The van der Waals surface area contributed by atoms with Gasteiger partial charge in [-0.1, -0.05) is 18.2 Å². The average Bonchev–Trinajstić information content (AvgIpc) is 2.68. The number of rotatable bonds is 10. The predicted molar refractivity (Wildman–Crippen MR) is 110 cm³/mol. The Morgan fingerprint density at radius 3 is 2.85 bits per heavy atom. The molecule has 1 aliphatic heterocycles. The molecule has 0 aromatic heterocycles. The number of thioether (sulfide) groups is 1. The van der Waals surface area contributed by atoms with E-state index in [0.717, 1.165) is 69.0 Å². The van der Waals surface area contributed by atoms with Crippen molar-refractivity contribution in [1.82, 2.24) is 15.5 Å². The van der Waals surface area contributed by atoms with E-state index in [1.807, 2.05) is 30.0 Å². The number of hydrogen-bond acceptors (Lipinski definition) is 5. The fourth-order valence-electron chi connectivity index (χ4n) is 2.66. The number of morpholine rings is 1. The summed E-state index contributed by atoms with van der Waals surface area (Å²) in [6.07, 6.45) is 2.11. The lowest BCUT2D eigenvalue weighted by Gasteiger charge is -2.26. The summed E-state index contributed by atoms with van der Waals surface area (Å²) in [6, 6.07) is 8.16. The number of aliphatic imine (C=N–C) groups is 1. The molecule has 1 saturated heterocycles. The third-order valence-corrected chi connectivity index (χ3v) is 4.70. The molecule has 1 aromatic rings. The van der Waals surface area contributed by atoms with E-state index in [2.05, 4.69) is 34.8 Å². The van der Waals surface area contributed by atoms with Gasteiger partial charge in [0.05, 0.1) is 19.8 Å². The molecule has 1 aliphatic rings. The molecular weight excluding hydrogens is 348 g/mol. The predicted octanol–water partition coefficient (Wildman–Crippen LogP) is 1.82. The summed E-state index contributed by atoms with van der Waals surface area (Å²) in [6.45, 7) is 9.67. The van der Waals surface area contributed by atoms with Crippen molar-refractivity contribution >= 4 is 17.7 Å². The van der Waals surface area contributed by atoms with Crippen molar-refractivity contribution in [2.75, 3.05) is 64.6 Å². The summed E-state index contributed by atoms with van der Waals surface area (Å²) in [7, 11) is 0. The number of benzene rings is 1. The fraction of sp³-hybridized carbons (Fsp3) is 0.632. The van der Waals surface area contributed by atoms with Crippen molar-refractivity contribution in [3.8, 4) is 5.75 Å². The third-order valence-electron chi connectivity index (χ3n) is 4.09. The highest BCUT2D eigenvalue weighted by atomic mass is 32.2. The van der Waals surface area contributed by atoms with Crippen molar-refractivity contribution in [1.29, 1.82) is 0 Å². The van der Waals surface area contributed by atoms with Gasteiger partial charge in [-0.15, -0.1) is 0 Å². The lowest BCUT2D eigenvalue weighted by Crippen LogP contribution is -2.38. The van der Waals surface area contributed by atoms with E-state index in [0.29, 0.717) is 13.2 Å². The largest absolute Gasteiger partial charge is 0.492 e. The number of hydrogen-bond donors (Lipinski definition) is 2. The summed E-state index contributed by atoms with van der Waals surface area (Å²) < 4.78 is 11.4. The van der Waals surface area contributed by atoms with Gasteiger partial charge >= 0.3 is 0 Å². The maximum absolute atomic E-state index is 6.03. The van der Waals surface area contributed by atoms with E-state index < -0.39 is 0 Å². The van der Waals surface area contributed by atoms with E-state index in [-0.39, 0.29) is 0 Å². The standard InChI is InChI=1S/C19H32N4O2S/c1-3-20-19(21-8-15-26-2)22-16-17-6-4-5-7-18(17)25-14-11-23-9-12-24-13-10-23/h4-7H,3,8-16H2,1-2H3,(H2,20,21,22). The van der Waals surface area contributed by atoms with Crippen LogP contribution in [0.2, 0.25) is 0 Å². The molecule has 2 N–H and O–H groups in total. The van der Waals surface area contributed by atoms with Crippen molar-refractivity contribution in [2.24, 2.45) is 4.99 Å². The molecule has 7 heteroatoms. The van der Waals surface area contributed by atoms with Gasteiger partial charge in [-0.05, 0) is 19.2 Å². The van der Waals surface area contributed by atoms with Gasteiger partial charge in [0.25, 0.3) is 0 Å². The first-order valence-electron chi connectivity index (χ1n) is 9.35. The Kier molecular flexibility index (Phi) is 10.3. The first-order valence-corrected chi connectivity index (χ1v) is 10.7. The molecule has 0 atom stereocenters. The Bertz CT molecular complexity index is 536. The molecule has 1 aromatic carbocycles. The van der Waals surface area contributed by atoms with Crippen LogP contribution >= 0.6 is 11.8 Å². The Labute approximate surface area is 161 Å². The zero-order chi connectivity index (χ0) is 18.5. The summed E-state index contributed by atoms with van der Waals surface area (Å²) in [5.74, 6) is 2.83. The van der Waals surface area contributed by atoms with Gasteiger partial charge < -0.3 is 20.1 Å². The zero-order valence-corrected chi connectivity index (χ0v) is 16.8. The molecule has 0 amide bonds. The summed E-state index contributed by atoms with van der Waals surface area (Å²) in [4.78, 5) is 7.07. The van der Waals surface area contributed by atoms with Crippen LogP contribution in [0.4, 0.5) is 0 Å². The number of para-hydroxylation sites is 1.